The summed E-state index contributed by atoms with van der Waals surface area (Å²) in [6.45, 7) is 0. The molecule has 2 rings (SSSR count). The van der Waals surface area contributed by atoms with Gasteiger partial charge in [-0.3, -0.25) is 0 Å². The van der Waals surface area contributed by atoms with Gasteiger partial charge in [0, 0.05) is 5.69 Å². The largest absolute Gasteiger partial charge is 0.467 e. The summed E-state index contributed by atoms with van der Waals surface area (Å²) >= 11 is 5.72. The van der Waals surface area contributed by atoms with Crippen molar-refractivity contribution in [1.29, 1.82) is 5.26 Å². The lowest BCUT2D eigenvalue weighted by Gasteiger charge is -2.05. The van der Waals surface area contributed by atoms with Crippen LogP contribution in [0.2, 0.25) is 5.28 Å². The zero-order chi connectivity index (χ0) is 13.0. The number of aromatic nitrogens is 3. The van der Waals surface area contributed by atoms with E-state index in [9.17, 15) is 0 Å². The zero-order valence-electron chi connectivity index (χ0n) is 9.38. The van der Waals surface area contributed by atoms with Crippen molar-refractivity contribution < 1.29 is 4.74 Å². The van der Waals surface area contributed by atoms with E-state index in [4.69, 9.17) is 21.6 Å². The minimum atomic E-state index is 0.0398. The molecule has 0 fully saturated rings. The zero-order valence-corrected chi connectivity index (χ0v) is 10.1. The van der Waals surface area contributed by atoms with Gasteiger partial charge in [-0.1, -0.05) is 0 Å². The standard InChI is InChI=1S/C11H8ClN5O/c1-18-11-16-9(12)15-10(17-11)14-8-4-2-7(6-13)3-5-8/h2-5H,1H3,(H,14,15,16,17). The first-order valence-electron chi connectivity index (χ1n) is 4.94. The van der Waals surface area contributed by atoms with Crippen molar-refractivity contribution in [3.63, 3.8) is 0 Å². The molecular formula is C11H8ClN5O. The fourth-order valence-electron chi connectivity index (χ4n) is 1.24. The Balaban J connectivity index is 2.22. The lowest BCUT2D eigenvalue weighted by Crippen LogP contribution is -2.01. The maximum absolute atomic E-state index is 8.69. The summed E-state index contributed by atoms with van der Waals surface area (Å²) in [7, 11) is 1.44. The van der Waals surface area contributed by atoms with Crippen molar-refractivity contribution in [3.8, 4) is 12.1 Å². The lowest BCUT2D eigenvalue weighted by atomic mass is 10.2. The number of hydrogen-bond donors (Lipinski definition) is 1. The van der Waals surface area contributed by atoms with E-state index >= 15 is 0 Å². The van der Waals surface area contributed by atoms with E-state index in [-0.39, 0.29) is 17.2 Å². The highest BCUT2D eigenvalue weighted by molar-refractivity contribution is 6.28. The maximum Gasteiger partial charge on any atom is 0.322 e. The van der Waals surface area contributed by atoms with E-state index in [2.05, 4.69) is 20.3 Å². The molecule has 90 valence electrons. The number of methoxy groups -OCH3 is 1. The first-order valence-corrected chi connectivity index (χ1v) is 5.32. The first kappa shape index (κ1) is 12.1. The van der Waals surface area contributed by atoms with E-state index in [0.717, 1.165) is 5.69 Å². The maximum atomic E-state index is 8.69. The van der Waals surface area contributed by atoms with Gasteiger partial charge in [0.05, 0.1) is 18.7 Å². The van der Waals surface area contributed by atoms with E-state index in [1.165, 1.54) is 7.11 Å². The van der Waals surface area contributed by atoms with Crippen LogP contribution in [0.3, 0.4) is 0 Å². The molecule has 1 aromatic carbocycles. The predicted octanol–water partition coefficient (Wildman–Crippen LogP) is 2.15. The second-order valence-electron chi connectivity index (χ2n) is 3.23. The highest BCUT2D eigenvalue weighted by atomic mass is 35.5. The summed E-state index contributed by atoms with van der Waals surface area (Å²) in [5.74, 6) is 0.275. The van der Waals surface area contributed by atoms with Gasteiger partial charge in [-0.05, 0) is 35.9 Å². The van der Waals surface area contributed by atoms with Crippen LogP contribution < -0.4 is 10.1 Å². The van der Waals surface area contributed by atoms with Crippen LogP contribution in [0.1, 0.15) is 5.56 Å². The molecule has 0 aliphatic heterocycles. The molecule has 0 saturated heterocycles. The van der Waals surface area contributed by atoms with Crippen molar-refractivity contribution in [2.24, 2.45) is 0 Å². The van der Waals surface area contributed by atoms with E-state index < -0.39 is 0 Å². The van der Waals surface area contributed by atoms with Crippen molar-refractivity contribution in [1.82, 2.24) is 15.0 Å². The molecule has 1 N–H and O–H groups in total. The van der Waals surface area contributed by atoms with E-state index in [1.54, 1.807) is 24.3 Å². The van der Waals surface area contributed by atoms with Crippen LogP contribution in [0.5, 0.6) is 6.01 Å². The molecule has 1 heterocycles. The van der Waals surface area contributed by atoms with E-state index in [0.29, 0.717) is 5.56 Å². The first-order chi connectivity index (χ1) is 8.71. The van der Waals surface area contributed by atoms with Crippen molar-refractivity contribution in [3.05, 3.63) is 35.1 Å². The molecule has 0 aliphatic carbocycles. The van der Waals surface area contributed by atoms with Gasteiger partial charge in [0.2, 0.25) is 11.2 Å². The molecule has 0 spiro atoms. The number of ether oxygens (including phenoxy) is 1. The number of nitrogens with zero attached hydrogens (tertiary/aromatic N) is 4. The van der Waals surface area contributed by atoms with Crippen LogP contribution in [0.4, 0.5) is 11.6 Å². The summed E-state index contributed by atoms with van der Waals surface area (Å²) in [4.78, 5) is 11.7. The average molecular weight is 262 g/mol. The number of nitrogens with one attached hydrogen (secondary N) is 1. The molecule has 0 aliphatic rings. The average Bonchev–Trinajstić information content (AvgIpc) is 2.39. The Bertz CT molecular complexity index is 593. The quantitative estimate of drug-likeness (QED) is 0.911. The Hall–Kier alpha value is -2.39. The smallest absolute Gasteiger partial charge is 0.322 e. The number of benzene rings is 1. The molecular weight excluding hydrogens is 254 g/mol. The van der Waals surface area contributed by atoms with Gasteiger partial charge in [-0.15, -0.1) is 0 Å². The predicted molar refractivity (Wildman–Crippen MR) is 65.8 cm³/mol. The third-order valence-electron chi connectivity index (χ3n) is 2.04. The molecule has 0 unspecified atom stereocenters. The van der Waals surface area contributed by atoms with Gasteiger partial charge in [0.25, 0.3) is 0 Å². The summed E-state index contributed by atoms with van der Waals surface area (Å²) in [5, 5.41) is 11.7. The van der Waals surface area contributed by atoms with Gasteiger partial charge < -0.3 is 10.1 Å². The van der Waals surface area contributed by atoms with Gasteiger partial charge in [-0.2, -0.15) is 20.2 Å². The third kappa shape index (κ3) is 2.84. The fraction of sp³-hybridized carbons (Fsp3) is 0.0909. The van der Waals surface area contributed by atoms with Crippen LogP contribution in [0.25, 0.3) is 0 Å². The van der Waals surface area contributed by atoms with Gasteiger partial charge >= 0.3 is 6.01 Å². The molecule has 2 aromatic rings. The van der Waals surface area contributed by atoms with Crippen LogP contribution in [-0.4, -0.2) is 22.1 Å². The Kier molecular flexibility index (Phi) is 3.55. The van der Waals surface area contributed by atoms with Crippen LogP contribution in [0, 0.1) is 11.3 Å². The SMILES string of the molecule is COc1nc(Cl)nc(Nc2ccc(C#N)cc2)n1. The number of rotatable bonds is 3. The highest BCUT2D eigenvalue weighted by Gasteiger charge is 2.05. The second-order valence-corrected chi connectivity index (χ2v) is 3.57. The molecule has 0 radical (unpaired) electrons. The van der Waals surface area contributed by atoms with Gasteiger partial charge in [0.1, 0.15) is 0 Å². The van der Waals surface area contributed by atoms with Crippen molar-refractivity contribution in [2.75, 3.05) is 12.4 Å². The summed E-state index contributed by atoms with van der Waals surface area (Å²) < 4.78 is 4.88. The Morgan fingerprint density at radius 1 is 1.22 bits per heavy atom. The second kappa shape index (κ2) is 5.29. The van der Waals surface area contributed by atoms with Crippen LogP contribution in [-0.2, 0) is 0 Å². The molecule has 0 saturated carbocycles. The third-order valence-corrected chi connectivity index (χ3v) is 2.21. The number of halogens is 1. The minimum absolute atomic E-state index is 0.0398. The van der Waals surface area contributed by atoms with Gasteiger partial charge in [0.15, 0.2) is 0 Å². The van der Waals surface area contributed by atoms with Crippen LogP contribution >= 0.6 is 11.6 Å². The molecule has 0 bridgehead atoms. The lowest BCUT2D eigenvalue weighted by molar-refractivity contribution is 0.379. The summed E-state index contributed by atoms with van der Waals surface area (Å²) in [5.41, 5.74) is 1.31. The summed E-state index contributed by atoms with van der Waals surface area (Å²) in [6.07, 6.45) is 0. The molecule has 1 aromatic heterocycles. The monoisotopic (exact) mass is 261 g/mol. The van der Waals surface area contributed by atoms with Crippen molar-refractivity contribution >= 4 is 23.2 Å². The normalized spacial score (nSPS) is 9.61. The molecule has 0 atom stereocenters. The Morgan fingerprint density at radius 2 is 1.94 bits per heavy atom. The molecule has 0 amide bonds. The molecule has 7 heteroatoms. The molecule has 6 nitrogen and oxygen atoms in total. The Morgan fingerprint density at radius 3 is 2.56 bits per heavy atom. The van der Waals surface area contributed by atoms with E-state index in [1.807, 2.05) is 6.07 Å². The topological polar surface area (TPSA) is 83.7 Å². The van der Waals surface area contributed by atoms with Gasteiger partial charge in [-0.25, -0.2) is 0 Å². The molecule has 18 heavy (non-hydrogen) atoms. The fourth-order valence-corrected chi connectivity index (χ4v) is 1.39. The number of anilines is 2. The van der Waals surface area contributed by atoms with Crippen LogP contribution in [0.15, 0.2) is 24.3 Å². The van der Waals surface area contributed by atoms with Crippen molar-refractivity contribution in [2.45, 2.75) is 0 Å². The minimum Gasteiger partial charge on any atom is -0.467 e. The summed E-state index contributed by atoms with van der Waals surface area (Å²) in [6, 6.07) is 9.01. The number of nitriles is 1. The highest BCUT2D eigenvalue weighted by Crippen LogP contribution is 2.16. The Labute approximate surface area is 108 Å². The number of hydrogen-bond acceptors (Lipinski definition) is 6.